The second kappa shape index (κ2) is 8.53. The average molecular weight is 175 g/mol. The molecule has 0 spiro atoms. The van der Waals surface area contributed by atoms with Crippen LogP contribution in [0, 0.1) is 0 Å². The summed E-state index contributed by atoms with van der Waals surface area (Å²) < 4.78 is 5.25. The minimum Gasteiger partial charge on any atom is -0.380 e. The number of rotatable bonds is 7. The molecule has 0 atom stereocenters. The summed E-state index contributed by atoms with van der Waals surface area (Å²) in [7, 11) is 0. The van der Waals surface area contributed by atoms with Gasteiger partial charge in [-0.3, -0.25) is 4.79 Å². The predicted octanol–water partition coefficient (Wildman–Crippen LogP) is 1.58. The van der Waals surface area contributed by atoms with Gasteiger partial charge in [-0.25, -0.2) is 0 Å². The summed E-state index contributed by atoms with van der Waals surface area (Å²) in [5.41, 5.74) is 0. The van der Waals surface area contributed by atoms with Gasteiger partial charge in [-0.2, -0.15) is 0 Å². The normalized spacial score (nSPS) is 9.83. The molecule has 0 aliphatic rings. The first kappa shape index (κ1) is 11.4. The van der Waals surface area contributed by atoms with Crippen LogP contribution in [0.25, 0.3) is 0 Å². The van der Waals surface area contributed by atoms with Gasteiger partial charge in [0.05, 0.1) is 6.61 Å². The minimum absolute atomic E-state index is 0. The molecule has 12 heavy (non-hydrogen) atoms. The molecule has 0 aromatic rings. The van der Waals surface area contributed by atoms with Crippen LogP contribution in [0.5, 0.6) is 0 Å². The number of carbonyl (C=O) groups excluding carboxylic acids is 1. The van der Waals surface area contributed by atoms with E-state index in [9.17, 15) is 4.79 Å². The van der Waals surface area contributed by atoms with Gasteiger partial charge >= 0.3 is 0 Å². The van der Waals surface area contributed by atoms with Crippen LogP contribution in [0.4, 0.5) is 0 Å². The van der Waals surface area contributed by atoms with Crippen molar-refractivity contribution in [2.45, 2.75) is 33.1 Å². The first-order valence-electron chi connectivity index (χ1n) is 4.65. The molecular weight excluding hydrogens is 154 g/mol. The SMILES string of the molecule is CCCCOCCNC(=O)CC.[HH]. The van der Waals surface area contributed by atoms with Crippen molar-refractivity contribution in [3.8, 4) is 0 Å². The van der Waals surface area contributed by atoms with E-state index in [1.54, 1.807) is 0 Å². The molecule has 1 amide bonds. The Labute approximate surface area is 76.0 Å². The standard InChI is InChI=1S/C9H19NO2.H2/c1-3-5-7-12-8-6-10-9(11)4-2;/h3-8H2,1-2H3,(H,10,11);1H. The molecule has 74 valence electrons. The van der Waals surface area contributed by atoms with Crippen LogP contribution in [0.15, 0.2) is 0 Å². The highest BCUT2D eigenvalue weighted by Gasteiger charge is 1.94. The maximum Gasteiger partial charge on any atom is 0.219 e. The number of ether oxygens (including phenoxy) is 1. The Kier molecular flexibility index (Phi) is 8.12. The van der Waals surface area contributed by atoms with Crippen molar-refractivity contribution in [3.05, 3.63) is 0 Å². The number of hydrogen-bond acceptors (Lipinski definition) is 2. The number of hydrogen-bond donors (Lipinski definition) is 1. The molecule has 0 aliphatic carbocycles. The zero-order valence-electron chi connectivity index (χ0n) is 8.06. The second-order valence-electron chi connectivity index (χ2n) is 2.67. The zero-order chi connectivity index (χ0) is 9.23. The summed E-state index contributed by atoms with van der Waals surface area (Å²) in [4.78, 5) is 10.7. The Morgan fingerprint density at radius 3 is 2.75 bits per heavy atom. The molecule has 0 aliphatic heterocycles. The van der Waals surface area contributed by atoms with E-state index in [-0.39, 0.29) is 7.33 Å². The maximum absolute atomic E-state index is 10.7. The van der Waals surface area contributed by atoms with Gasteiger partial charge in [-0.15, -0.1) is 0 Å². The van der Waals surface area contributed by atoms with Gasteiger partial charge in [0, 0.05) is 21.0 Å². The molecule has 0 fully saturated rings. The van der Waals surface area contributed by atoms with E-state index in [0.717, 1.165) is 19.4 Å². The third kappa shape index (κ3) is 7.54. The van der Waals surface area contributed by atoms with Crippen LogP contribution < -0.4 is 5.32 Å². The fourth-order valence-corrected chi connectivity index (χ4v) is 0.736. The second-order valence-corrected chi connectivity index (χ2v) is 2.67. The minimum atomic E-state index is 0. The molecule has 0 bridgehead atoms. The maximum atomic E-state index is 10.7. The lowest BCUT2D eigenvalue weighted by atomic mass is 10.4. The molecule has 0 aromatic carbocycles. The van der Waals surface area contributed by atoms with Gasteiger partial charge in [0.15, 0.2) is 0 Å². The highest BCUT2D eigenvalue weighted by molar-refractivity contribution is 5.75. The predicted molar refractivity (Wildman–Crippen MR) is 51.1 cm³/mol. The van der Waals surface area contributed by atoms with Crippen molar-refractivity contribution >= 4 is 5.91 Å². The largest absolute Gasteiger partial charge is 0.380 e. The van der Waals surface area contributed by atoms with Gasteiger partial charge in [0.1, 0.15) is 0 Å². The summed E-state index contributed by atoms with van der Waals surface area (Å²) in [6.45, 7) is 6.04. The Bertz CT molecular complexity index is 120. The average Bonchev–Trinajstić information content (AvgIpc) is 2.10. The van der Waals surface area contributed by atoms with Crippen LogP contribution in [-0.4, -0.2) is 25.7 Å². The summed E-state index contributed by atoms with van der Waals surface area (Å²) in [6.07, 6.45) is 2.80. The van der Waals surface area contributed by atoms with Gasteiger partial charge in [-0.05, 0) is 6.42 Å². The molecule has 0 unspecified atom stereocenters. The molecule has 0 saturated carbocycles. The van der Waals surface area contributed by atoms with Gasteiger partial charge in [0.2, 0.25) is 5.91 Å². The number of unbranched alkanes of at least 4 members (excludes halogenated alkanes) is 1. The smallest absolute Gasteiger partial charge is 0.219 e. The quantitative estimate of drug-likeness (QED) is 0.596. The van der Waals surface area contributed by atoms with E-state index in [4.69, 9.17) is 4.74 Å². The third-order valence-electron chi connectivity index (χ3n) is 1.53. The number of carbonyl (C=O) groups is 1. The van der Waals surface area contributed by atoms with Crippen molar-refractivity contribution in [2.75, 3.05) is 19.8 Å². The van der Waals surface area contributed by atoms with E-state index >= 15 is 0 Å². The van der Waals surface area contributed by atoms with Crippen molar-refractivity contribution in [1.29, 1.82) is 0 Å². The fraction of sp³-hybridized carbons (Fsp3) is 0.889. The lowest BCUT2D eigenvalue weighted by molar-refractivity contribution is -0.121. The van der Waals surface area contributed by atoms with Crippen LogP contribution in [-0.2, 0) is 9.53 Å². The summed E-state index contributed by atoms with van der Waals surface area (Å²) in [5, 5.41) is 2.75. The third-order valence-corrected chi connectivity index (χ3v) is 1.53. The van der Waals surface area contributed by atoms with Crippen LogP contribution >= 0.6 is 0 Å². The fourth-order valence-electron chi connectivity index (χ4n) is 0.736. The number of amides is 1. The molecule has 0 radical (unpaired) electrons. The highest BCUT2D eigenvalue weighted by atomic mass is 16.5. The molecule has 0 aromatic heterocycles. The lowest BCUT2D eigenvalue weighted by Crippen LogP contribution is -2.26. The van der Waals surface area contributed by atoms with Crippen molar-refractivity contribution in [2.24, 2.45) is 0 Å². The summed E-state index contributed by atoms with van der Waals surface area (Å²) in [6, 6.07) is 0. The van der Waals surface area contributed by atoms with Crippen molar-refractivity contribution < 1.29 is 11.0 Å². The van der Waals surface area contributed by atoms with Crippen molar-refractivity contribution in [1.82, 2.24) is 5.32 Å². The zero-order valence-corrected chi connectivity index (χ0v) is 8.06. The Balaban J connectivity index is 0. The highest BCUT2D eigenvalue weighted by Crippen LogP contribution is 1.86. The topological polar surface area (TPSA) is 38.3 Å². The van der Waals surface area contributed by atoms with Gasteiger partial charge in [-0.1, -0.05) is 20.3 Å². The van der Waals surface area contributed by atoms with Gasteiger partial charge < -0.3 is 10.1 Å². The van der Waals surface area contributed by atoms with E-state index in [1.807, 2.05) is 6.92 Å². The Morgan fingerprint density at radius 2 is 2.17 bits per heavy atom. The summed E-state index contributed by atoms with van der Waals surface area (Å²) >= 11 is 0. The lowest BCUT2D eigenvalue weighted by Gasteiger charge is -2.04. The summed E-state index contributed by atoms with van der Waals surface area (Å²) in [5.74, 6) is 0.0918. The molecule has 3 heteroatoms. The first-order chi connectivity index (χ1) is 5.81. The first-order valence-corrected chi connectivity index (χ1v) is 4.65. The Hall–Kier alpha value is -0.570. The molecular formula is C9H21NO2. The van der Waals surface area contributed by atoms with E-state index < -0.39 is 0 Å². The molecule has 0 saturated heterocycles. The Morgan fingerprint density at radius 1 is 1.42 bits per heavy atom. The molecule has 1 N–H and O–H groups in total. The van der Waals surface area contributed by atoms with Crippen LogP contribution in [0.3, 0.4) is 0 Å². The molecule has 3 nitrogen and oxygen atoms in total. The molecule has 0 rings (SSSR count). The van der Waals surface area contributed by atoms with E-state index in [1.165, 1.54) is 0 Å². The van der Waals surface area contributed by atoms with Gasteiger partial charge in [0.25, 0.3) is 0 Å². The molecule has 0 heterocycles. The van der Waals surface area contributed by atoms with Crippen LogP contribution in [0.1, 0.15) is 34.5 Å². The van der Waals surface area contributed by atoms with Crippen molar-refractivity contribution in [3.63, 3.8) is 0 Å². The van der Waals surface area contributed by atoms with E-state index in [2.05, 4.69) is 12.2 Å². The van der Waals surface area contributed by atoms with E-state index in [0.29, 0.717) is 19.6 Å². The number of nitrogens with one attached hydrogen (secondary N) is 1. The van der Waals surface area contributed by atoms with Crippen LogP contribution in [0.2, 0.25) is 0 Å². The monoisotopic (exact) mass is 175 g/mol.